The van der Waals surface area contributed by atoms with E-state index in [0.717, 1.165) is 0 Å². The first kappa shape index (κ1) is 9.83. The molecule has 0 fully saturated rings. The molecule has 0 radical (unpaired) electrons. The van der Waals surface area contributed by atoms with Crippen molar-refractivity contribution in [2.75, 3.05) is 13.7 Å². The number of rotatable bonds is 3. The molecule has 0 aliphatic heterocycles. The molecule has 0 bridgehead atoms. The Balaban J connectivity index is 3.08. The van der Waals surface area contributed by atoms with Gasteiger partial charge in [0.1, 0.15) is 0 Å². The maximum absolute atomic E-state index is 9.63. The van der Waals surface area contributed by atoms with Gasteiger partial charge in [-0.1, -0.05) is 12.1 Å². The molecule has 13 heavy (non-hydrogen) atoms. The quantitative estimate of drug-likeness (QED) is 0.630. The summed E-state index contributed by atoms with van der Waals surface area (Å²) in [5.41, 5.74) is 11.7. The molecule has 1 aromatic rings. The predicted octanol–water partition coefficient (Wildman–Crippen LogP) is 0.359. The van der Waals surface area contributed by atoms with Crippen LogP contribution < -0.4 is 16.2 Å². The number of benzene rings is 1. The van der Waals surface area contributed by atoms with Gasteiger partial charge in [-0.05, 0) is 6.07 Å². The molecule has 0 spiro atoms. The van der Waals surface area contributed by atoms with Gasteiger partial charge in [-0.25, -0.2) is 0 Å². The molecule has 0 unspecified atom stereocenters. The zero-order valence-corrected chi connectivity index (χ0v) is 7.53. The van der Waals surface area contributed by atoms with E-state index in [9.17, 15) is 5.11 Å². The van der Waals surface area contributed by atoms with Crippen molar-refractivity contribution in [2.24, 2.45) is 11.5 Å². The van der Waals surface area contributed by atoms with Crippen molar-refractivity contribution in [2.45, 2.75) is 6.04 Å². The maximum Gasteiger partial charge on any atom is 0.162 e. The lowest BCUT2D eigenvalue weighted by Gasteiger charge is -2.13. The highest BCUT2D eigenvalue weighted by Gasteiger charge is 2.12. The highest BCUT2D eigenvalue weighted by atomic mass is 16.5. The van der Waals surface area contributed by atoms with E-state index in [1.54, 1.807) is 18.2 Å². The summed E-state index contributed by atoms with van der Waals surface area (Å²) >= 11 is 0. The third-order valence-electron chi connectivity index (χ3n) is 1.90. The van der Waals surface area contributed by atoms with E-state index in [-0.39, 0.29) is 11.8 Å². The fraction of sp³-hybridized carbons (Fsp3) is 0.333. The van der Waals surface area contributed by atoms with Crippen molar-refractivity contribution in [1.82, 2.24) is 0 Å². The molecule has 72 valence electrons. The standard InChI is InChI=1S/C9H14N2O2/c1-13-8-4-2-3-6(9(8)12)7(11)5-10/h2-4,7,12H,5,10-11H2,1H3/t7-/m0/s1. The van der Waals surface area contributed by atoms with E-state index >= 15 is 0 Å². The second kappa shape index (κ2) is 4.11. The Kier molecular flexibility index (Phi) is 3.11. The summed E-state index contributed by atoms with van der Waals surface area (Å²) in [7, 11) is 1.49. The molecular weight excluding hydrogens is 168 g/mol. The van der Waals surface area contributed by atoms with E-state index in [0.29, 0.717) is 17.9 Å². The molecule has 4 heteroatoms. The summed E-state index contributed by atoms with van der Waals surface area (Å²) in [5, 5.41) is 9.63. The number of methoxy groups -OCH3 is 1. The summed E-state index contributed by atoms with van der Waals surface area (Å²) < 4.78 is 4.93. The molecule has 1 aromatic carbocycles. The SMILES string of the molecule is COc1cccc([C@@H](N)CN)c1O. The topological polar surface area (TPSA) is 81.5 Å². The molecule has 4 nitrogen and oxygen atoms in total. The predicted molar refractivity (Wildman–Crippen MR) is 50.6 cm³/mol. The summed E-state index contributed by atoms with van der Waals surface area (Å²) in [5.74, 6) is 0.490. The second-order valence-corrected chi connectivity index (χ2v) is 2.74. The fourth-order valence-electron chi connectivity index (χ4n) is 1.13. The van der Waals surface area contributed by atoms with Crippen LogP contribution in [-0.4, -0.2) is 18.8 Å². The number of phenolic OH excluding ortho intramolecular Hbond substituents is 1. The molecular formula is C9H14N2O2. The molecule has 0 aliphatic carbocycles. The Hall–Kier alpha value is -1.26. The minimum absolute atomic E-state index is 0.0722. The van der Waals surface area contributed by atoms with E-state index in [1.807, 2.05) is 0 Å². The summed E-state index contributed by atoms with van der Waals surface area (Å²) in [4.78, 5) is 0. The highest BCUT2D eigenvalue weighted by molar-refractivity contribution is 5.46. The summed E-state index contributed by atoms with van der Waals surface area (Å²) in [6.45, 7) is 0.292. The smallest absolute Gasteiger partial charge is 0.162 e. The number of aromatic hydroxyl groups is 1. The fourth-order valence-corrected chi connectivity index (χ4v) is 1.13. The first-order valence-electron chi connectivity index (χ1n) is 4.02. The minimum Gasteiger partial charge on any atom is -0.504 e. The van der Waals surface area contributed by atoms with Crippen LogP contribution in [0.3, 0.4) is 0 Å². The largest absolute Gasteiger partial charge is 0.504 e. The van der Waals surface area contributed by atoms with Crippen LogP contribution in [0.15, 0.2) is 18.2 Å². The van der Waals surface area contributed by atoms with Crippen molar-refractivity contribution >= 4 is 0 Å². The zero-order chi connectivity index (χ0) is 9.84. The monoisotopic (exact) mass is 182 g/mol. The number of hydrogen-bond acceptors (Lipinski definition) is 4. The van der Waals surface area contributed by atoms with Gasteiger partial charge in [0.25, 0.3) is 0 Å². The van der Waals surface area contributed by atoms with Crippen LogP contribution in [0.25, 0.3) is 0 Å². The van der Waals surface area contributed by atoms with Crippen molar-refractivity contribution in [3.63, 3.8) is 0 Å². The zero-order valence-electron chi connectivity index (χ0n) is 7.53. The van der Waals surface area contributed by atoms with Gasteiger partial charge in [0.15, 0.2) is 11.5 Å². The van der Waals surface area contributed by atoms with Gasteiger partial charge < -0.3 is 21.3 Å². The number of phenols is 1. The summed E-state index contributed by atoms with van der Waals surface area (Å²) in [6.07, 6.45) is 0. The molecule has 0 saturated carbocycles. The Morgan fingerprint density at radius 3 is 2.77 bits per heavy atom. The molecule has 1 rings (SSSR count). The van der Waals surface area contributed by atoms with Crippen LogP contribution >= 0.6 is 0 Å². The Morgan fingerprint density at radius 1 is 1.54 bits per heavy atom. The van der Waals surface area contributed by atoms with Crippen molar-refractivity contribution in [3.8, 4) is 11.5 Å². The molecule has 0 amide bonds. The lowest BCUT2D eigenvalue weighted by Crippen LogP contribution is -2.20. The van der Waals surface area contributed by atoms with Gasteiger partial charge in [0, 0.05) is 18.2 Å². The average Bonchev–Trinajstić information content (AvgIpc) is 2.17. The molecule has 1 atom stereocenters. The van der Waals surface area contributed by atoms with Crippen LogP contribution in [0.5, 0.6) is 11.5 Å². The molecule has 0 aromatic heterocycles. The van der Waals surface area contributed by atoms with Crippen molar-refractivity contribution in [3.05, 3.63) is 23.8 Å². The van der Waals surface area contributed by atoms with Crippen LogP contribution in [0, 0.1) is 0 Å². The lowest BCUT2D eigenvalue weighted by atomic mass is 10.1. The van der Waals surface area contributed by atoms with Crippen molar-refractivity contribution < 1.29 is 9.84 Å². The Morgan fingerprint density at radius 2 is 2.23 bits per heavy atom. The van der Waals surface area contributed by atoms with Crippen LogP contribution in [-0.2, 0) is 0 Å². The lowest BCUT2D eigenvalue weighted by molar-refractivity contribution is 0.368. The van der Waals surface area contributed by atoms with Crippen LogP contribution in [0.2, 0.25) is 0 Å². The number of nitrogens with two attached hydrogens (primary N) is 2. The molecule has 5 N–H and O–H groups in total. The van der Waals surface area contributed by atoms with Gasteiger partial charge in [-0.3, -0.25) is 0 Å². The third-order valence-corrected chi connectivity index (χ3v) is 1.90. The van der Waals surface area contributed by atoms with E-state index < -0.39 is 0 Å². The number of ether oxygens (including phenoxy) is 1. The van der Waals surface area contributed by atoms with Gasteiger partial charge in [-0.15, -0.1) is 0 Å². The van der Waals surface area contributed by atoms with Gasteiger partial charge in [-0.2, -0.15) is 0 Å². The van der Waals surface area contributed by atoms with E-state index in [1.165, 1.54) is 7.11 Å². The average molecular weight is 182 g/mol. The Bertz CT molecular complexity index is 289. The van der Waals surface area contributed by atoms with Crippen LogP contribution in [0.4, 0.5) is 0 Å². The molecule has 0 heterocycles. The Labute approximate surface area is 77.1 Å². The van der Waals surface area contributed by atoms with Crippen LogP contribution in [0.1, 0.15) is 11.6 Å². The normalized spacial score (nSPS) is 12.5. The second-order valence-electron chi connectivity index (χ2n) is 2.74. The van der Waals surface area contributed by atoms with E-state index in [2.05, 4.69) is 0 Å². The number of hydrogen-bond donors (Lipinski definition) is 3. The minimum atomic E-state index is -0.352. The van der Waals surface area contributed by atoms with Gasteiger partial charge >= 0.3 is 0 Å². The van der Waals surface area contributed by atoms with E-state index in [4.69, 9.17) is 16.2 Å². The first-order chi connectivity index (χ1) is 6.20. The van der Waals surface area contributed by atoms with Gasteiger partial charge in [0.2, 0.25) is 0 Å². The summed E-state index contributed by atoms with van der Waals surface area (Å²) in [6, 6.07) is 4.82. The third kappa shape index (κ3) is 1.91. The molecule has 0 saturated heterocycles. The van der Waals surface area contributed by atoms with Gasteiger partial charge in [0.05, 0.1) is 7.11 Å². The maximum atomic E-state index is 9.63. The number of para-hydroxylation sites is 1. The van der Waals surface area contributed by atoms with Crippen molar-refractivity contribution in [1.29, 1.82) is 0 Å². The first-order valence-corrected chi connectivity index (χ1v) is 4.02. The highest BCUT2D eigenvalue weighted by Crippen LogP contribution is 2.31. The molecule has 0 aliphatic rings.